The minimum Gasteiger partial charge on any atom is -0.324 e. The average Bonchev–Trinajstić information content (AvgIpc) is 2.37. The summed E-state index contributed by atoms with van der Waals surface area (Å²) in [5, 5.41) is 0. The first kappa shape index (κ1) is 12.0. The quantitative estimate of drug-likeness (QED) is 0.776. The first-order valence-electron chi connectivity index (χ1n) is 5.40. The number of hydrogen-bond acceptors (Lipinski definition) is 3. The van der Waals surface area contributed by atoms with Gasteiger partial charge in [-0.15, -0.1) is 0 Å². The van der Waals surface area contributed by atoms with Gasteiger partial charge in [0.25, 0.3) is 0 Å². The number of hydrogen-bond donors (Lipinski definition) is 1. The van der Waals surface area contributed by atoms with Gasteiger partial charge in [-0.05, 0) is 18.8 Å². The lowest BCUT2D eigenvalue weighted by molar-refractivity contribution is 0.329. The monoisotopic (exact) mass is 219 g/mol. The third kappa shape index (κ3) is 2.95. The predicted molar refractivity (Wildman–Crippen MR) is 58.9 cm³/mol. The summed E-state index contributed by atoms with van der Waals surface area (Å²) >= 11 is 0. The first-order valence-corrected chi connectivity index (χ1v) is 7.22. The Morgan fingerprint density at radius 3 is 2.29 bits per heavy atom. The highest BCUT2D eigenvalue weighted by molar-refractivity contribution is 7.91. The molecule has 1 saturated heterocycles. The predicted octanol–water partition coefficient (Wildman–Crippen LogP) is 1.33. The summed E-state index contributed by atoms with van der Waals surface area (Å²) in [5.74, 6) is 1.05. The van der Waals surface area contributed by atoms with E-state index in [0.717, 1.165) is 19.3 Å². The van der Waals surface area contributed by atoms with Crippen LogP contribution in [0.15, 0.2) is 0 Å². The lowest BCUT2D eigenvalue weighted by Gasteiger charge is -2.26. The molecule has 0 aromatic rings. The average molecular weight is 219 g/mol. The van der Waals surface area contributed by atoms with E-state index < -0.39 is 15.4 Å². The summed E-state index contributed by atoms with van der Waals surface area (Å²) in [5.41, 5.74) is 5.67. The number of rotatable bonds is 4. The fourth-order valence-corrected chi connectivity index (χ4v) is 4.25. The van der Waals surface area contributed by atoms with Crippen LogP contribution in [0.4, 0.5) is 0 Å². The van der Waals surface area contributed by atoms with Crippen molar-refractivity contribution in [3.05, 3.63) is 0 Å². The highest BCUT2D eigenvalue weighted by Crippen LogP contribution is 2.29. The van der Waals surface area contributed by atoms with Crippen LogP contribution in [0.25, 0.3) is 0 Å². The molecule has 2 N–H and O–H groups in total. The van der Waals surface area contributed by atoms with E-state index in [2.05, 4.69) is 13.8 Å². The van der Waals surface area contributed by atoms with Crippen molar-refractivity contribution in [3.63, 3.8) is 0 Å². The van der Waals surface area contributed by atoms with Crippen LogP contribution in [0.1, 0.15) is 39.5 Å². The topological polar surface area (TPSA) is 60.2 Å². The SMILES string of the molecule is CCC(CC)CC1(N)CCS(=O)(=O)C1. The van der Waals surface area contributed by atoms with Crippen LogP contribution >= 0.6 is 0 Å². The first-order chi connectivity index (χ1) is 6.41. The van der Waals surface area contributed by atoms with Gasteiger partial charge in [-0.25, -0.2) is 8.42 Å². The molecule has 0 aromatic heterocycles. The summed E-state index contributed by atoms with van der Waals surface area (Å²) in [6.45, 7) is 4.28. The second-order valence-electron chi connectivity index (χ2n) is 4.59. The van der Waals surface area contributed by atoms with Crippen molar-refractivity contribution in [2.75, 3.05) is 11.5 Å². The summed E-state index contributed by atoms with van der Waals surface area (Å²) in [6, 6.07) is 0. The van der Waals surface area contributed by atoms with E-state index >= 15 is 0 Å². The van der Waals surface area contributed by atoms with Crippen LogP contribution in [0.2, 0.25) is 0 Å². The van der Waals surface area contributed by atoms with Crippen LogP contribution in [-0.4, -0.2) is 25.5 Å². The Morgan fingerprint density at radius 1 is 1.36 bits per heavy atom. The van der Waals surface area contributed by atoms with E-state index in [9.17, 15) is 8.42 Å². The van der Waals surface area contributed by atoms with Gasteiger partial charge in [0.1, 0.15) is 0 Å². The van der Waals surface area contributed by atoms with Crippen LogP contribution < -0.4 is 5.73 Å². The maximum atomic E-state index is 11.3. The summed E-state index contributed by atoms with van der Waals surface area (Å²) in [6.07, 6.45) is 3.69. The standard InChI is InChI=1S/C10H21NO2S/c1-3-9(4-2)7-10(11)5-6-14(12,13)8-10/h9H,3-8,11H2,1-2H3. The normalized spacial score (nSPS) is 31.1. The Balaban J connectivity index is 2.60. The Morgan fingerprint density at radius 2 is 1.93 bits per heavy atom. The van der Waals surface area contributed by atoms with Gasteiger partial charge in [-0.2, -0.15) is 0 Å². The van der Waals surface area contributed by atoms with Crippen molar-refractivity contribution >= 4 is 9.84 Å². The van der Waals surface area contributed by atoms with Crippen LogP contribution in [0.3, 0.4) is 0 Å². The van der Waals surface area contributed by atoms with Gasteiger partial charge in [-0.1, -0.05) is 26.7 Å². The highest BCUT2D eigenvalue weighted by atomic mass is 32.2. The molecule has 1 unspecified atom stereocenters. The zero-order valence-corrected chi connectivity index (χ0v) is 9.94. The maximum Gasteiger partial charge on any atom is 0.152 e. The van der Waals surface area contributed by atoms with Crippen molar-refractivity contribution in [2.45, 2.75) is 45.1 Å². The Labute approximate surface area is 87.0 Å². The lowest BCUT2D eigenvalue weighted by Crippen LogP contribution is -2.42. The molecule has 0 radical (unpaired) electrons. The van der Waals surface area contributed by atoms with Gasteiger partial charge in [0.05, 0.1) is 11.5 Å². The van der Waals surface area contributed by atoms with E-state index in [4.69, 9.17) is 5.73 Å². The Hall–Kier alpha value is -0.0900. The van der Waals surface area contributed by atoms with Gasteiger partial charge in [0.15, 0.2) is 9.84 Å². The minimum atomic E-state index is -2.84. The zero-order chi connectivity index (χ0) is 10.8. The molecule has 1 atom stereocenters. The molecule has 3 nitrogen and oxygen atoms in total. The fraction of sp³-hybridized carbons (Fsp3) is 1.00. The molecule has 0 saturated carbocycles. The molecule has 0 bridgehead atoms. The van der Waals surface area contributed by atoms with E-state index in [-0.39, 0.29) is 11.5 Å². The molecular formula is C10H21NO2S. The molecule has 1 aliphatic rings. The van der Waals surface area contributed by atoms with E-state index in [1.807, 2.05) is 0 Å². The molecule has 0 aromatic carbocycles. The van der Waals surface area contributed by atoms with Gasteiger partial charge in [0, 0.05) is 5.54 Å². The molecule has 84 valence electrons. The second kappa shape index (κ2) is 4.19. The van der Waals surface area contributed by atoms with Crippen LogP contribution in [0.5, 0.6) is 0 Å². The van der Waals surface area contributed by atoms with Gasteiger partial charge < -0.3 is 5.73 Å². The minimum absolute atomic E-state index is 0.191. The molecule has 1 rings (SSSR count). The van der Waals surface area contributed by atoms with Crippen molar-refractivity contribution in [3.8, 4) is 0 Å². The molecule has 1 fully saturated rings. The molecular weight excluding hydrogens is 198 g/mol. The van der Waals surface area contributed by atoms with Gasteiger partial charge in [0.2, 0.25) is 0 Å². The van der Waals surface area contributed by atoms with Crippen molar-refractivity contribution < 1.29 is 8.42 Å². The molecule has 1 heterocycles. The molecule has 4 heteroatoms. The van der Waals surface area contributed by atoms with E-state index in [1.165, 1.54) is 0 Å². The summed E-state index contributed by atoms with van der Waals surface area (Å²) in [7, 11) is -2.84. The lowest BCUT2D eigenvalue weighted by atomic mass is 9.85. The molecule has 1 aliphatic heterocycles. The second-order valence-corrected chi connectivity index (χ2v) is 6.78. The third-order valence-corrected chi connectivity index (χ3v) is 5.11. The van der Waals surface area contributed by atoms with Crippen molar-refractivity contribution in [1.82, 2.24) is 0 Å². The molecule has 0 amide bonds. The smallest absolute Gasteiger partial charge is 0.152 e. The van der Waals surface area contributed by atoms with Crippen LogP contribution in [0, 0.1) is 5.92 Å². The third-order valence-electron chi connectivity index (χ3n) is 3.27. The Kier molecular flexibility index (Phi) is 3.58. The number of nitrogens with two attached hydrogens (primary N) is 1. The van der Waals surface area contributed by atoms with Crippen molar-refractivity contribution in [1.29, 1.82) is 0 Å². The highest BCUT2D eigenvalue weighted by Gasteiger charge is 2.39. The van der Waals surface area contributed by atoms with E-state index in [1.54, 1.807) is 0 Å². The number of sulfone groups is 1. The van der Waals surface area contributed by atoms with Gasteiger partial charge >= 0.3 is 0 Å². The molecule has 14 heavy (non-hydrogen) atoms. The molecule has 0 spiro atoms. The van der Waals surface area contributed by atoms with Crippen molar-refractivity contribution in [2.24, 2.45) is 11.7 Å². The van der Waals surface area contributed by atoms with Crippen LogP contribution in [-0.2, 0) is 9.84 Å². The maximum absolute atomic E-state index is 11.3. The fourth-order valence-electron chi connectivity index (χ4n) is 2.25. The largest absolute Gasteiger partial charge is 0.324 e. The Bertz CT molecular complexity index is 282. The summed E-state index contributed by atoms with van der Waals surface area (Å²) in [4.78, 5) is 0. The van der Waals surface area contributed by atoms with E-state index in [0.29, 0.717) is 12.3 Å². The van der Waals surface area contributed by atoms with Gasteiger partial charge in [-0.3, -0.25) is 0 Å². The zero-order valence-electron chi connectivity index (χ0n) is 9.12. The summed E-state index contributed by atoms with van der Waals surface area (Å²) < 4.78 is 22.6. The molecule has 0 aliphatic carbocycles.